The van der Waals surface area contributed by atoms with E-state index < -0.39 is 0 Å². The molecule has 1 saturated heterocycles. The number of aryl methyl sites for hydroxylation is 2. The maximum Gasteiger partial charge on any atom is 0.260 e. The van der Waals surface area contributed by atoms with E-state index in [4.69, 9.17) is 4.74 Å². The molecule has 1 aliphatic rings. The van der Waals surface area contributed by atoms with Gasteiger partial charge in [0.1, 0.15) is 5.75 Å². The van der Waals surface area contributed by atoms with Crippen molar-refractivity contribution in [3.8, 4) is 5.75 Å². The Balaban J connectivity index is 1.54. The largest absolute Gasteiger partial charge is 0.484 e. The Hall–Kier alpha value is -2.30. The van der Waals surface area contributed by atoms with Gasteiger partial charge in [-0.05, 0) is 56.4 Å². The lowest BCUT2D eigenvalue weighted by atomic mass is 9.99. The van der Waals surface area contributed by atoms with Gasteiger partial charge in [0.05, 0.1) is 0 Å². The molecule has 0 unspecified atom stereocenters. The van der Waals surface area contributed by atoms with Crippen LogP contribution in [0.1, 0.15) is 31.2 Å². The van der Waals surface area contributed by atoms with Crippen LogP contribution in [-0.4, -0.2) is 39.8 Å². The zero-order valence-electron chi connectivity index (χ0n) is 14.2. The molecule has 1 aromatic carbocycles. The molecular formula is C19H25N3O2. The Bertz CT molecular complexity index is 654. The minimum atomic E-state index is 0.0849. The normalized spacial score (nSPS) is 17.7. The van der Waals surface area contributed by atoms with Gasteiger partial charge < -0.3 is 9.64 Å². The minimum Gasteiger partial charge on any atom is -0.484 e. The van der Waals surface area contributed by atoms with Crippen molar-refractivity contribution < 1.29 is 9.53 Å². The second-order valence-electron chi connectivity index (χ2n) is 6.40. The SMILES string of the molecule is Cc1cccc(OCC(=O)N2CCCC[C@H]2CCn2cccn2)c1. The summed E-state index contributed by atoms with van der Waals surface area (Å²) in [6, 6.07) is 10.0. The van der Waals surface area contributed by atoms with Gasteiger partial charge in [-0.1, -0.05) is 12.1 Å². The molecule has 5 nitrogen and oxygen atoms in total. The molecule has 5 heteroatoms. The van der Waals surface area contributed by atoms with E-state index in [1.54, 1.807) is 6.20 Å². The summed E-state index contributed by atoms with van der Waals surface area (Å²) in [5.41, 5.74) is 1.13. The number of likely N-dealkylation sites (tertiary alicyclic amines) is 1. The van der Waals surface area contributed by atoms with Gasteiger partial charge in [0.2, 0.25) is 0 Å². The Morgan fingerprint density at radius 1 is 1.33 bits per heavy atom. The van der Waals surface area contributed by atoms with Crippen LogP contribution in [0.2, 0.25) is 0 Å². The summed E-state index contributed by atoms with van der Waals surface area (Å²) in [7, 11) is 0. The predicted octanol–water partition coefficient (Wildman–Crippen LogP) is 3.04. The summed E-state index contributed by atoms with van der Waals surface area (Å²) in [5.74, 6) is 0.843. The van der Waals surface area contributed by atoms with E-state index in [-0.39, 0.29) is 18.6 Å². The van der Waals surface area contributed by atoms with Crippen molar-refractivity contribution in [2.45, 2.75) is 45.2 Å². The van der Waals surface area contributed by atoms with E-state index in [0.717, 1.165) is 43.7 Å². The maximum atomic E-state index is 12.6. The van der Waals surface area contributed by atoms with E-state index in [1.165, 1.54) is 6.42 Å². The van der Waals surface area contributed by atoms with E-state index in [1.807, 2.05) is 53.0 Å². The number of piperidine rings is 1. The third-order valence-electron chi connectivity index (χ3n) is 4.55. The molecule has 0 bridgehead atoms. The molecule has 1 atom stereocenters. The number of hydrogen-bond donors (Lipinski definition) is 0. The highest BCUT2D eigenvalue weighted by Gasteiger charge is 2.26. The first-order valence-corrected chi connectivity index (χ1v) is 8.69. The molecule has 0 aliphatic carbocycles. The number of carbonyl (C=O) groups excluding carboxylic acids is 1. The Morgan fingerprint density at radius 2 is 2.25 bits per heavy atom. The molecule has 128 valence electrons. The fraction of sp³-hybridized carbons (Fsp3) is 0.474. The van der Waals surface area contributed by atoms with Crippen LogP contribution in [0.15, 0.2) is 42.7 Å². The summed E-state index contributed by atoms with van der Waals surface area (Å²) in [5, 5.41) is 4.24. The van der Waals surface area contributed by atoms with Crippen molar-refractivity contribution in [3.63, 3.8) is 0 Å². The highest BCUT2D eigenvalue weighted by molar-refractivity contribution is 5.78. The fourth-order valence-corrected chi connectivity index (χ4v) is 3.28. The minimum absolute atomic E-state index is 0.0849. The molecule has 1 fully saturated rings. The standard InChI is InChI=1S/C19H25N3O2/c1-16-6-4-8-18(14-16)24-15-19(23)22-12-3-2-7-17(22)9-13-21-11-5-10-20-21/h4-6,8,10-11,14,17H,2-3,7,9,12-13,15H2,1H3/t17-/m0/s1. The Labute approximate surface area is 143 Å². The van der Waals surface area contributed by atoms with Gasteiger partial charge in [-0.25, -0.2) is 0 Å². The quantitative estimate of drug-likeness (QED) is 0.819. The van der Waals surface area contributed by atoms with E-state index in [9.17, 15) is 4.79 Å². The average molecular weight is 327 g/mol. The second-order valence-corrected chi connectivity index (χ2v) is 6.40. The molecule has 1 aromatic heterocycles. The topological polar surface area (TPSA) is 47.4 Å². The molecule has 2 heterocycles. The van der Waals surface area contributed by atoms with Crippen LogP contribution in [0.3, 0.4) is 0 Å². The first kappa shape index (κ1) is 16.6. The summed E-state index contributed by atoms with van der Waals surface area (Å²) < 4.78 is 7.62. The van der Waals surface area contributed by atoms with Crippen molar-refractivity contribution in [2.24, 2.45) is 0 Å². The smallest absolute Gasteiger partial charge is 0.260 e. The van der Waals surface area contributed by atoms with Gasteiger partial charge in [0.25, 0.3) is 5.91 Å². The summed E-state index contributed by atoms with van der Waals surface area (Å²) in [6.07, 6.45) is 8.03. The van der Waals surface area contributed by atoms with Crippen molar-refractivity contribution in [2.75, 3.05) is 13.2 Å². The van der Waals surface area contributed by atoms with Crippen LogP contribution >= 0.6 is 0 Å². The average Bonchev–Trinajstić information content (AvgIpc) is 3.12. The number of ether oxygens (including phenoxy) is 1. The van der Waals surface area contributed by atoms with Crippen molar-refractivity contribution >= 4 is 5.91 Å². The third kappa shape index (κ3) is 4.37. The Morgan fingerprint density at radius 3 is 3.04 bits per heavy atom. The third-order valence-corrected chi connectivity index (χ3v) is 4.55. The van der Waals surface area contributed by atoms with Gasteiger partial charge in [0, 0.05) is 31.5 Å². The first-order valence-electron chi connectivity index (χ1n) is 8.69. The van der Waals surface area contributed by atoms with Crippen LogP contribution in [0.4, 0.5) is 0 Å². The van der Waals surface area contributed by atoms with Crippen LogP contribution in [0.5, 0.6) is 5.75 Å². The zero-order valence-corrected chi connectivity index (χ0v) is 14.2. The van der Waals surface area contributed by atoms with E-state index in [2.05, 4.69) is 5.10 Å². The van der Waals surface area contributed by atoms with E-state index >= 15 is 0 Å². The van der Waals surface area contributed by atoms with Crippen LogP contribution in [0.25, 0.3) is 0 Å². The zero-order chi connectivity index (χ0) is 16.8. The monoisotopic (exact) mass is 327 g/mol. The van der Waals surface area contributed by atoms with E-state index in [0.29, 0.717) is 0 Å². The second kappa shape index (κ2) is 7.99. The highest BCUT2D eigenvalue weighted by Crippen LogP contribution is 2.21. The lowest BCUT2D eigenvalue weighted by Gasteiger charge is -2.35. The molecule has 2 aromatic rings. The van der Waals surface area contributed by atoms with Crippen molar-refractivity contribution in [1.82, 2.24) is 14.7 Å². The number of hydrogen-bond acceptors (Lipinski definition) is 3. The summed E-state index contributed by atoms with van der Waals surface area (Å²) >= 11 is 0. The number of carbonyl (C=O) groups is 1. The number of aromatic nitrogens is 2. The molecule has 3 rings (SSSR count). The maximum absolute atomic E-state index is 12.6. The molecule has 0 saturated carbocycles. The number of amides is 1. The molecular weight excluding hydrogens is 302 g/mol. The summed E-state index contributed by atoms with van der Waals surface area (Å²) in [4.78, 5) is 14.6. The van der Waals surface area contributed by atoms with Gasteiger partial charge in [-0.3, -0.25) is 9.48 Å². The lowest BCUT2D eigenvalue weighted by molar-refractivity contribution is -0.137. The Kier molecular flexibility index (Phi) is 5.51. The molecule has 1 amide bonds. The lowest BCUT2D eigenvalue weighted by Crippen LogP contribution is -2.46. The number of rotatable bonds is 6. The van der Waals surface area contributed by atoms with Crippen molar-refractivity contribution in [3.05, 3.63) is 48.3 Å². The molecule has 24 heavy (non-hydrogen) atoms. The highest BCUT2D eigenvalue weighted by atomic mass is 16.5. The molecule has 0 spiro atoms. The van der Waals surface area contributed by atoms with Crippen LogP contribution in [-0.2, 0) is 11.3 Å². The number of benzene rings is 1. The van der Waals surface area contributed by atoms with Gasteiger partial charge in [-0.2, -0.15) is 5.10 Å². The molecule has 0 radical (unpaired) electrons. The van der Waals surface area contributed by atoms with Crippen molar-refractivity contribution in [1.29, 1.82) is 0 Å². The number of nitrogens with zero attached hydrogens (tertiary/aromatic N) is 3. The first-order chi connectivity index (χ1) is 11.7. The van der Waals surface area contributed by atoms with Gasteiger partial charge >= 0.3 is 0 Å². The van der Waals surface area contributed by atoms with Gasteiger partial charge in [0.15, 0.2) is 6.61 Å². The predicted molar refractivity (Wildman–Crippen MR) is 92.9 cm³/mol. The summed E-state index contributed by atoms with van der Waals surface area (Å²) in [6.45, 7) is 3.81. The molecule has 0 N–H and O–H groups in total. The van der Waals surface area contributed by atoms with Crippen LogP contribution in [0, 0.1) is 6.92 Å². The fourth-order valence-electron chi connectivity index (χ4n) is 3.28. The molecule has 1 aliphatic heterocycles. The van der Waals surface area contributed by atoms with Crippen LogP contribution < -0.4 is 4.74 Å². The van der Waals surface area contributed by atoms with Gasteiger partial charge in [-0.15, -0.1) is 0 Å².